The van der Waals surface area contributed by atoms with Gasteiger partial charge >= 0.3 is 0 Å². The molecule has 1 amide bonds. The Kier molecular flexibility index (Phi) is 3.47. The molecule has 21 heavy (non-hydrogen) atoms. The molecule has 0 saturated carbocycles. The lowest BCUT2D eigenvalue weighted by Gasteiger charge is -2.35. The van der Waals surface area contributed by atoms with Crippen molar-refractivity contribution in [2.24, 2.45) is 0 Å². The van der Waals surface area contributed by atoms with E-state index in [-0.39, 0.29) is 5.91 Å². The van der Waals surface area contributed by atoms with E-state index < -0.39 is 5.60 Å². The zero-order chi connectivity index (χ0) is 14.9. The maximum Gasteiger partial charge on any atom is 0.253 e. The molecule has 1 fully saturated rings. The second kappa shape index (κ2) is 5.29. The molecule has 3 rings (SSSR count). The molecule has 6 heteroatoms. The van der Waals surface area contributed by atoms with Crippen molar-refractivity contribution in [3.8, 4) is 11.5 Å². The van der Waals surface area contributed by atoms with Gasteiger partial charge in [-0.15, -0.1) is 10.2 Å². The smallest absolute Gasteiger partial charge is 0.253 e. The summed E-state index contributed by atoms with van der Waals surface area (Å²) in [5.41, 5.74) is 0.754. The van der Waals surface area contributed by atoms with Gasteiger partial charge in [0.25, 0.3) is 5.91 Å². The number of likely N-dealkylation sites (tertiary alicyclic amines) is 1. The van der Waals surface area contributed by atoms with Crippen molar-refractivity contribution in [1.82, 2.24) is 15.1 Å². The van der Waals surface area contributed by atoms with Crippen LogP contribution in [0.4, 0.5) is 0 Å². The number of benzene rings is 1. The Bertz CT molecular complexity index is 610. The molecular weight excluding hydrogens is 270 g/mol. The number of carbonyl (C=O) groups excluding carboxylic acids is 1. The highest BCUT2D eigenvalue weighted by Crippen LogP contribution is 2.23. The first-order valence-electron chi connectivity index (χ1n) is 6.93. The maximum atomic E-state index is 12.4. The van der Waals surface area contributed by atoms with E-state index in [1.54, 1.807) is 29.2 Å². The van der Waals surface area contributed by atoms with Crippen LogP contribution in [0, 0.1) is 0 Å². The van der Waals surface area contributed by atoms with Crippen LogP contribution in [0.5, 0.6) is 0 Å². The van der Waals surface area contributed by atoms with E-state index in [0.29, 0.717) is 37.4 Å². The third-order valence-electron chi connectivity index (χ3n) is 3.87. The second-order valence-corrected chi connectivity index (χ2v) is 5.61. The van der Waals surface area contributed by atoms with Gasteiger partial charge in [-0.3, -0.25) is 4.79 Å². The average molecular weight is 287 g/mol. The fraction of sp³-hybridized carbons (Fsp3) is 0.400. The lowest BCUT2D eigenvalue weighted by Crippen LogP contribution is -2.45. The summed E-state index contributed by atoms with van der Waals surface area (Å²) in [5, 5.41) is 17.4. The summed E-state index contributed by atoms with van der Waals surface area (Å²) in [7, 11) is 0. The van der Waals surface area contributed by atoms with Crippen LogP contribution in [0.25, 0.3) is 11.5 Å². The summed E-state index contributed by atoms with van der Waals surface area (Å²) in [6.07, 6.45) is 2.49. The summed E-state index contributed by atoms with van der Waals surface area (Å²) in [6, 6.07) is 7.10. The molecule has 1 N–H and O–H groups in total. The summed E-state index contributed by atoms with van der Waals surface area (Å²) in [6.45, 7) is 2.97. The molecule has 0 radical (unpaired) electrons. The standard InChI is InChI=1S/C15H17N3O3/c1-15(20)6-8-18(9-7-15)14(19)12-4-2-11(3-5-12)13-17-16-10-21-13/h2-5,10,20H,6-9H2,1H3. The van der Waals surface area contributed by atoms with Crippen LogP contribution in [0.2, 0.25) is 0 Å². The van der Waals surface area contributed by atoms with Crippen LogP contribution in [-0.2, 0) is 0 Å². The van der Waals surface area contributed by atoms with Crippen LogP contribution >= 0.6 is 0 Å². The van der Waals surface area contributed by atoms with Gasteiger partial charge in [-0.05, 0) is 44.0 Å². The second-order valence-electron chi connectivity index (χ2n) is 5.61. The van der Waals surface area contributed by atoms with Gasteiger partial charge in [-0.1, -0.05) is 0 Å². The lowest BCUT2D eigenvalue weighted by molar-refractivity contribution is -0.00202. The molecule has 110 valence electrons. The zero-order valence-corrected chi connectivity index (χ0v) is 11.8. The summed E-state index contributed by atoms with van der Waals surface area (Å²) >= 11 is 0. The van der Waals surface area contributed by atoms with Gasteiger partial charge < -0.3 is 14.4 Å². The molecule has 0 atom stereocenters. The van der Waals surface area contributed by atoms with E-state index in [4.69, 9.17) is 4.42 Å². The van der Waals surface area contributed by atoms with Gasteiger partial charge in [0.2, 0.25) is 12.3 Å². The maximum absolute atomic E-state index is 12.4. The van der Waals surface area contributed by atoms with Crippen LogP contribution in [-0.4, -0.2) is 44.8 Å². The summed E-state index contributed by atoms with van der Waals surface area (Å²) < 4.78 is 5.11. The van der Waals surface area contributed by atoms with Crippen molar-refractivity contribution in [1.29, 1.82) is 0 Å². The average Bonchev–Trinajstić information content (AvgIpc) is 3.01. The Morgan fingerprint density at radius 3 is 2.52 bits per heavy atom. The Morgan fingerprint density at radius 2 is 1.95 bits per heavy atom. The van der Waals surface area contributed by atoms with Crippen molar-refractivity contribution in [3.63, 3.8) is 0 Å². The molecule has 0 spiro atoms. The predicted octanol–water partition coefficient (Wildman–Crippen LogP) is 1.72. The molecule has 1 aromatic heterocycles. The molecule has 6 nitrogen and oxygen atoms in total. The van der Waals surface area contributed by atoms with E-state index in [1.165, 1.54) is 6.39 Å². The predicted molar refractivity (Wildman–Crippen MR) is 75.5 cm³/mol. The minimum atomic E-state index is -0.654. The molecule has 2 aromatic rings. The number of aromatic nitrogens is 2. The minimum Gasteiger partial charge on any atom is -0.423 e. The van der Waals surface area contributed by atoms with Crippen LogP contribution < -0.4 is 0 Å². The molecule has 2 heterocycles. The fourth-order valence-electron chi connectivity index (χ4n) is 2.43. The third-order valence-corrected chi connectivity index (χ3v) is 3.87. The Morgan fingerprint density at radius 1 is 1.29 bits per heavy atom. The third kappa shape index (κ3) is 2.95. The number of aliphatic hydroxyl groups is 1. The van der Waals surface area contributed by atoms with Gasteiger partial charge in [-0.2, -0.15) is 0 Å². The van der Waals surface area contributed by atoms with E-state index in [9.17, 15) is 9.90 Å². The zero-order valence-electron chi connectivity index (χ0n) is 11.8. The highest BCUT2D eigenvalue weighted by Gasteiger charge is 2.29. The van der Waals surface area contributed by atoms with Crippen LogP contribution in [0.3, 0.4) is 0 Å². The number of hydrogen-bond donors (Lipinski definition) is 1. The number of nitrogens with zero attached hydrogens (tertiary/aromatic N) is 3. The molecule has 1 aliphatic rings. The van der Waals surface area contributed by atoms with Crippen molar-refractivity contribution in [2.75, 3.05) is 13.1 Å². The minimum absolute atomic E-state index is 0.0115. The quantitative estimate of drug-likeness (QED) is 0.909. The fourth-order valence-corrected chi connectivity index (χ4v) is 2.43. The van der Waals surface area contributed by atoms with E-state index in [1.807, 2.05) is 6.92 Å². The van der Waals surface area contributed by atoms with Crippen molar-refractivity contribution >= 4 is 5.91 Å². The molecule has 0 aliphatic carbocycles. The number of rotatable bonds is 2. The van der Waals surface area contributed by atoms with E-state index in [0.717, 1.165) is 5.56 Å². The Balaban J connectivity index is 1.71. The highest BCUT2D eigenvalue weighted by atomic mass is 16.4. The molecule has 0 unspecified atom stereocenters. The van der Waals surface area contributed by atoms with Crippen molar-refractivity contribution in [2.45, 2.75) is 25.4 Å². The highest BCUT2D eigenvalue weighted by molar-refractivity contribution is 5.94. The van der Waals surface area contributed by atoms with E-state index >= 15 is 0 Å². The Hall–Kier alpha value is -2.21. The molecular formula is C15H17N3O3. The van der Waals surface area contributed by atoms with E-state index in [2.05, 4.69) is 10.2 Å². The SMILES string of the molecule is CC1(O)CCN(C(=O)c2ccc(-c3nnco3)cc2)CC1. The van der Waals surface area contributed by atoms with Crippen LogP contribution in [0.15, 0.2) is 35.1 Å². The topological polar surface area (TPSA) is 79.5 Å². The normalized spacial score (nSPS) is 17.7. The number of amides is 1. The number of hydrogen-bond acceptors (Lipinski definition) is 5. The van der Waals surface area contributed by atoms with Crippen LogP contribution in [0.1, 0.15) is 30.1 Å². The van der Waals surface area contributed by atoms with Gasteiger partial charge in [0, 0.05) is 24.2 Å². The number of piperidine rings is 1. The molecule has 1 saturated heterocycles. The van der Waals surface area contributed by atoms with Crippen molar-refractivity contribution < 1.29 is 14.3 Å². The largest absolute Gasteiger partial charge is 0.423 e. The van der Waals surface area contributed by atoms with Gasteiger partial charge in [0.1, 0.15) is 0 Å². The first-order chi connectivity index (χ1) is 10.1. The number of carbonyl (C=O) groups is 1. The van der Waals surface area contributed by atoms with Gasteiger partial charge in [0.05, 0.1) is 5.60 Å². The van der Waals surface area contributed by atoms with Gasteiger partial charge in [-0.25, -0.2) is 0 Å². The molecule has 0 bridgehead atoms. The monoisotopic (exact) mass is 287 g/mol. The lowest BCUT2D eigenvalue weighted by atomic mass is 9.93. The molecule has 1 aliphatic heterocycles. The summed E-state index contributed by atoms with van der Waals surface area (Å²) in [5.74, 6) is 0.422. The Labute approximate surface area is 122 Å². The van der Waals surface area contributed by atoms with Gasteiger partial charge in [0.15, 0.2) is 0 Å². The molecule has 1 aromatic carbocycles. The first-order valence-corrected chi connectivity index (χ1v) is 6.93. The van der Waals surface area contributed by atoms with Crippen molar-refractivity contribution in [3.05, 3.63) is 36.2 Å². The summed E-state index contributed by atoms with van der Waals surface area (Å²) in [4.78, 5) is 14.2. The first kappa shape index (κ1) is 13.8.